The van der Waals surface area contributed by atoms with Gasteiger partial charge in [0.1, 0.15) is 0 Å². The lowest BCUT2D eigenvalue weighted by Gasteiger charge is -2.08. The van der Waals surface area contributed by atoms with E-state index < -0.39 is 0 Å². The first-order chi connectivity index (χ1) is 14.9. The Morgan fingerprint density at radius 1 is 1.06 bits per heavy atom. The zero-order chi connectivity index (χ0) is 22.1. The average molecular weight is 437 g/mol. The van der Waals surface area contributed by atoms with E-state index in [9.17, 15) is 9.59 Å². The van der Waals surface area contributed by atoms with E-state index in [1.165, 1.54) is 11.8 Å². The SMILES string of the molecule is CCn1c(SCC(=O)Nc2ccc3c(c2)n(C)c(=O)n3C)nnc1-c1cccc(C)c1. The predicted octanol–water partition coefficient (Wildman–Crippen LogP) is 3.19. The highest BCUT2D eigenvalue weighted by Gasteiger charge is 2.15. The van der Waals surface area contributed by atoms with Crippen molar-refractivity contribution in [2.45, 2.75) is 25.5 Å². The standard InChI is InChI=1S/C22H24N6O2S/c1-5-28-20(15-8-6-7-14(2)11-15)24-25-21(28)31-13-19(29)23-16-9-10-17-18(12-16)27(4)22(30)26(17)3/h6-12H,5,13H2,1-4H3,(H,23,29). The fourth-order valence-electron chi connectivity index (χ4n) is 3.59. The Labute approximate surface area is 183 Å². The van der Waals surface area contributed by atoms with Crippen LogP contribution in [0.3, 0.4) is 0 Å². The van der Waals surface area contributed by atoms with Crippen LogP contribution >= 0.6 is 11.8 Å². The maximum Gasteiger partial charge on any atom is 0.328 e. The number of thioether (sulfide) groups is 1. The van der Waals surface area contributed by atoms with Gasteiger partial charge in [0.25, 0.3) is 0 Å². The largest absolute Gasteiger partial charge is 0.328 e. The van der Waals surface area contributed by atoms with Crippen LogP contribution in [0.5, 0.6) is 0 Å². The lowest BCUT2D eigenvalue weighted by atomic mass is 10.1. The van der Waals surface area contributed by atoms with Gasteiger partial charge in [-0.2, -0.15) is 0 Å². The van der Waals surface area contributed by atoms with E-state index in [0.717, 1.165) is 28.0 Å². The third-order valence-corrected chi connectivity index (χ3v) is 6.16. The van der Waals surface area contributed by atoms with Gasteiger partial charge in [-0.1, -0.05) is 35.5 Å². The maximum absolute atomic E-state index is 12.5. The summed E-state index contributed by atoms with van der Waals surface area (Å²) < 4.78 is 5.16. The van der Waals surface area contributed by atoms with Gasteiger partial charge in [-0.05, 0) is 38.1 Å². The highest BCUT2D eigenvalue weighted by Crippen LogP contribution is 2.25. The normalized spacial score (nSPS) is 11.2. The second kappa shape index (κ2) is 8.43. The van der Waals surface area contributed by atoms with E-state index in [-0.39, 0.29) is 17.3 Å². The molecule has 9 heteroatoms. The number of nitrogens with zero attached hydrogens (tertiary/aromatic N) is 5. The molecular weight excluding hydrogens is 412 g/mol. The summed E-state index contributed by atoms with van der Waals surface area (Å²) >= 11 is 1.35. The highest BCUT2D eigenvalue weighted by atomic mass is 32.2. The molecule has 4 rings (SSSR count). The Morgan fingerprint density at radius 2 is 1.84 bits per heavy atom. The van der Waals surface area contributed by atoms with E-state index in [0.29, 0.717) is 17.4 Å². The van der Waals surface area contributed by atoms with Crippen LogP contribution in [0.25, 0.3) is 22.4 Å². The van der Waals surface area contributed by atoms with Crippen LogP contribution in [-0.2, 0) is 25.4 Å². The summed E-state index contributed by atoms with van der Waals surface area (Å²) in [6.45, 7) is 4.78. The minimum atomic E-state index is -0.145. The van der Waals surface area contributed by atoms with E-state index in [1.54, 1.807) is 29.3 Å². The first-order valence-electron chi connectivity index (χ1n) is 9.97. The molecule has 0 saturated carbocycles. The lowest BCUT2D eigenvalue weighted by molar-refractivity contribution is -0.113. The minimum Gasteiger partial charge on any atom is -0.325 e. The van der Waals surface area contributed by atoms with Gasteiger partial charge in [0.05, 0.1) is 16.8 Å². The fourth-order valence-corrected chi connectivity index (χ4v) is 4.39. The number of amides is 1. The number of rotatable bonds is 6. The molecule has 0 saturated heterocycles. The number of carbonyl (C=O) groups excluding carboxylic acids is 1. The minimum absolute atomic E-state index is 0.0997. The molecule has 0 aliphatic rings. The summed E-state index contributed by atoms with van der Waals surface area (Å²) in [5, 5.41) is 12.2. The topological polar surface area (TPSA) is 86.7 Å². The third-order valence-electron chi connectivity index (χ3n) is 5.20. The molecule has 0 bridgehead atoms. The van der Waals surface area contributed by atoms with E-state index in [2.05, 4.69) is 21.6 Å². The molecule has 0 spiro atoms. The number of nitrogens with one attached hydrogen (secondary N) is 1. The van der Waals surface area contributed by atoms with Crippen molar-refractivity contribution in [2.24, 2.45) is 14.1 Å². The van der Waals surface area contributed by atoms with Crippen molar-refractivity contribution in [1.82, 2.24) is 23.9 Å². The van der Waals surface area contributed by atoms with Gasteiger partial charge >= 0.3 is 5.69 Å². The summed E-state index contributed by atoms with van der Waals surface area (Å²) in [7, 11) is 3.45. The zero-order valence-electron chi connectivity index (χ0n) is 17.9. The van der Waals surface area contributed by atoms with Crippen LogP contribution in [0, 0.1) is 6.92 Å². The van der Waals surface area contributed by atoms with Crippen LogP contribution in [-0.4, -0.2) is 35.6 Å². The van der Waals surface area contributed by atoms with Crippen molar-refractivity contribution < 1.29 is 4.79 Å². The number of hydrogen-bond acceptors (Lipinski definition) is 5. The molecule has 0 unspecified atom stereocenters. The molecule has 2 aromatic carbocycles. The molecule has 8 nitrogen and oxygen atoms in total. The Hall–Kier alpha value is -3.33. The molecule has 4 aromatic rings. The van der Waals surface area contributed by atoms with Gasteiger partial charge in [0.15, 0.2) is 11.0 Å². The predicted molar refractivity (Wildman–Crippen MR) is 123 cm³/mol. The van der Waals surface area contributed by atoms with Gasteiger partial charge in [0, 0.05) is 31.9 Å². The smallest absolute Gasteiger partial charge is 0.325 e. The van der Waals surface area contributed by atoms with Gasteiger partial charge < -0.3 is 9.88 Å². The van der Waals surface area contributed by atoms with Crippen molar-refractivity contribution in [3.63, 3.8) is 0 Å². The number of aromatic nitrogens is 5. The first kappa shape index (κ1) is 20.9. The van der Waals surface area contributed by atoms with Crippen molar-refractivity contribution in [2.75, 3.05) is 11.1 Å². The van der Waals surface area contributed by atoms with Crippen LogP contribution in [0.4, 0.5) is 5.69 Å². The van der Waals surface area contributed by atoms with Crippen LogP contribution < -0.4 is 11.0 Å². The number of benzene rings is 2. The molecule has 1 amide bonds. The second-order valence-electron chi connectivity index (χ2n) is 7.36. The van der Waals surface area contributed by atoms with Crippen LogP contribution in [0.2, 0.25) is 0 Å². The second-order valence-corrected chi connectivity index (χ2v) is 8.30. The average Bonchev–Trinajstić information content (AvgIpc) is 3.27. The van der Waals surface area contributed by atoms with Gasteiger partial charge in [0.2, 0.25) is 5.91 Å². The number of imidazole rings is 1. The Kier molecular flexibility index (Phi) is 5.69. The van der Waals surface area contributed by atoms with Crippen molar-refractivity contribution >= 4 is 34.4 Å². The van der Waals surface area contributed by atoms with E-state index in [1.807, 2.05) is 48.7 Å². The molecule has 1 N–H and O–H groups in total. The molecule has 0 radical (unpaired) electrons. The fraction of sp³-hybridized carbons (Fsp3) is 0.273. The number of aryl methyl sites for hydroxylation is 3. The van der Waals surface area contributed by atoms with E-state index in [4.69, 9.17) is 0 Å². The van der Waals surface area contributed by atoms with Crippen molar-refractivity contribution in [3.8, 4) is 11.4 Å². The molecule has 0 aliphatic heterocycles. The third kappa shape index (κ3) is 4.00. The molecule has 2 aromatic heterocycles. The summed E-state index contributed by atoms with van der Waals surface area (Å²) in [5.41, 5.74) is 4.30. The monoisotopic (exact) mass is 436 g/mol. The first-order valence-corrected chi connectivity index (χ1v) is 11.0. The Morgan fingerprint density at radius 3 is 2.58 bits per heavy atom. The number of fused-ring (bicyclic) bond motifs is 1. The Balaban J connectivity index is 1.47. The lowest BCUT2D eigenvalue weighted by Crippen LogP contribution is -2.19. The molecule has 160 valence electrons. The van der Waals surface area contributed by atoms with Gasteiger partial charge in [-0.3, -0.25) is 13.9 Å². The highest BCUT2D eigenvalue weighted by molar-refractivity contribution is 7.99. The van der Waals surface area contributed by atoms with E-state index >= 15 is 0 Å². The van der Waals surface area contributed by atoms with Gasteiger partial charge in [-0.25, -0.2) is 4.79 Å². The molecular formula is C22H24N6O2S. The number of hydrogen-bond donors (Lipinski definition) is 1. The maximum atomic E-state index is 12.5. The van der Waals surface area contributed by atoms with Crippen LogP contribution in [0.15, 0.2) is 52.4 Å². The molecule has 2 heterocycles. The molecule has 0 fully saturated rings. The summed E-state index contributed by atoms with van der Waals surface area (Å²) in [4.78, 5) is 24.6. The van der Waals surface area contributed by atoms with Crippen molar-refractivity contribution in [1.29, 1.82) is 0 Å². The van der Waals surface area contributed by atoms with Crippen LogP contribution in [0.1, 0.15) is 12.5 Å². The van der Waals surface area contributed by atoms with Crippen molar-refractivity contribution in [3.05, 3.63) is 58.5 Å². The summed E-state index contributed by atoms with van der Waals surface area (Å²) in [5.74, 6) is 0.857. The molecule has 31 heavy (non-hydrogen) atoms. The number of anilines is 1. The molecule has 0 aliphatic carbocycles. The quantitative estimate of drug-likeness (QED) is 0.469. The zero-order valence-corrected chi connectivity index (χ0v) is 18.7. The Bertz CT molecular complexity index is 1330. The summed E-state index contributed by atoms with van der Waals surface area (Å²) in [6.07, 6.45) is 0. The van der Waals surface area contributed by atoms with Gasteiger partial charge in [-0.15, -0.1) is 10.2 Å². The summed E-state index contributed by atoms with van der Waals surface area (Å²) in [6, 6.07) is 13.6. The number of carbonyl (C=O) groups is 1. The molecule has 0 atom stereocenters.